The van der Waals surface area contributed by atoms with Gasteiger partial charge in [0.15, 0.2) is 5.78 Å². The molecule has 1 rings (SSSR count). The molecule has 0 radical (unpaired) electrons. The molecule has 0 aliphatic rings. The van der Waals surface area contributed by atoms with Gasteiger partial charge in [-0.3, -0.25) is 4.79 Å². The molecule has 0 saturated heterocycles. The van der Waals surface area contributed by atoms with E-state index < -0.39 is 6.10 Å². The minimum Gasteiger partial charge on any atom is -0.386 e. The van der Waals surface area contributed by atoms with Gasteiger partial charge in [0.2, 0.25) is 0 Å². The summed E-state index contributed by atoms with van der Waals surface area (Å²) in [4.78, 5) is 15.0. The Morgan fingerprint density at radius 2 is 2.23 bits per heavy atom. The number of carbonyl (C=O) groups excluding carboxylic acids is 1. The molecule has 0 saturated carbocycles. The number of aliphatic hydroxyl groups excluding tert-OH is 1. The lowest BCUT2D eigenvalue weighted by molar-refractivity contribution is 0.101. The number of aromatic nitrogens is 1. The molecular formula is C9H13NO2S. The molecule has 0 aromatic carbocycles. The summed E-state index contributed by atoms with van der Waals surface area (Å²) in [5.74, 6) is 0.0735. The summed E-state index contributed by atoms with van der Waals surface area (Å²) in [5.41, 5.74) is 0.444. The number of Topliss-reactive ketones (excluding diaryl/α,β-unsaturated/α-hetero) is 1. The van der Waals surface area contributed by atoms with Gasteiger partial charge in [0.05, 0.1) is 0 Å². The molecular weight excluding hydrogens is 186 g/mol. The van der Waals surface area contributed by atoms with Crippen LogP contribution in [0.25, 0.3) is 0 Å². The van der Waals surface area contributed by atoms with Crippen molar-refractivity contribution in [2.45, 2.75) is 26.9 Å². The number of rotatable bonds is 3. The zero-order valence-electron chi connectivity index (χ0n) is 7.94. The Morgan fingerprint density at radius 1 is 1.62 bits per heavy atom. The van der Waals surface area contributed by atoms with Crippen LogP contribution in [0.15, 0.2) is 5.38 Å². The molecule has 0 fully saturated rings. The van der Waals surface area contributed by atoms with Gasteiger partial charge >= 0.3 is 0 Å². The van der Waals surface area contributed by atoms with Gasteiger partial charge in [-0.15, -0.1) is 11.3 Å². The SMILES string of the molecule is CC(=O)c1csc(C(O)C(C)C)n1. The third-order valence-corrected chi connectivity index (χ3v) is 2.68. The Hall–Kier alpha value is -0.740. The summed E-state index contributed by atoms with van der Waals surface area (Å²) < 4.78 is 0. The molecule has 13 heavy (non-hydrogen) atoms. The zero-order chi connectivity index (χ0) is 10.0. The molecule has 1 aromatic rings. The first kappa shape index (κ1) is 10.3. The minimum atomic E-state index is -0.557. The second kappa shape index (κ2) is 3.98. The van der Waals surface area contributed by atoms with Crippen molar-refractivity contribution < 1.29 is 9.90 Å². The van der Waals surface area contributed by atoms with Crippen molar-refractivity contribution >= 4 is 17.1 Å². The largest absolute Gasteiger partial charge is 0.386 e. The third-order valence-electron chi connectivity index (χ3n) is 1.77. The number of aliphatic hydroxyl groups is 1. The number of hydrogen-bond donors (Lipinski definition) is 1. The maximum Gasteiger partial charge on any atom is 0.178 e. The van der Waals surface area contributed by atoms with Gasteiger partial charge in [-0.05, 0) is 5.92 Å². The van der Waals surface area contributed by atoms with E-state index in [0.717, 1.165) is 0 Å². The van der Waals surface area contributed by atoms with E-state index in [1.807, 2.05) is 13.8 Å². The average Bonchev–Trinajstić information content (AvgIpc) is 2.50. The number of ketones is 1. The van der Waals surface area contributed by atoms with E-state index >= 15 is 0 Å². The van der Waals surface area contributed by atoms with E-state index in [1.165, 1.54) is 18.3 Å². The molecule has 0 bridgehead atoms. The molecule has 72 valence electrons. The van der Waals surface area contributed by atoms with Crippen molar-refractivity contribution in [3.8, 4) is 0 Å². The summed E-state index contributed by atoms with van der Waals surface area (Å²) in [7, 11) is 0. The molecule has 0 aliphatic carbocycles. The lowest BCUT2D eigenvalue weighted by Crippen LogP contribution is -2.05. The van der Waals surface area contributed by atoms with Gasteiger partial charge in [-0.2, -0.15) is 0 Å². The summed E-state index contributed by atoms with van der Waals surface area (Å²) in [6.07, 6.45) is -0.557. The monoisotopic (exact) mass is 199 g/mol. The lowest BCUT2D eigenvalue weighted by atomic mass is 10.1. The number of thiazole rings is 1. The van der Waals surface area contributed by atoms with E-state index in [-0.39, 0.29) is 11.7 Å². The topological polar surface area (TPSA) is 50.2 Å². The van der Waals surface area contributed by atoms with Gasteiger partial charge in [-0.1, -0.05) is 13.8 Å². The summed E-state index contributed by atoms with van der Waals surface area (Å²) in [6.45, 7) is 5.31. The van der Waals surface area contributed by atoms with Gasteiger partial charge < -0.3 is 5.11 Å². The van der Waals surface area contributed by atoms with E-state index in [2.05, 4.69) is 4.98 Å². The molecule has 0 spiro atoms. The first-order chi connectivity index (χ1) is 6.02. The Morgan fingerprint density at radius 3 is 2.62 bits per heavy atom. The second-order valence-electron chi connectivity index (χ2n) is 3.32. The van der Waals surface area contributed by atoms with Crippen molar-refractivity contribution in [1.29, 1.82) is 0 Å². The molecule has 0 amide bonds. The van der Waals surface area contributed by atoms with Gasteiger partial charge in [0, 0.05) is 12.3 Å². The second-order valence-corrected chi connectivity index (χ2v) is 4.21. The van der Waals surface area contributed by atoms with Crippen LogP contribution >= 0.6 is 11.3 Å². The van der Waals surface area contributed by atoms with Gasteiger partial charge in [0.25, 0.3) is 0 Å². The van der Waals surface area contributed by atoms with Crippen LogP contribution < -0.4 is 0 Å². The highest BCUT2D eigenvalue weighted by Crippen LogP contribution is 2.24. The van der Waals surface area contributed by atoms with E-state index in [9.17, 15) is 9.90 Å². The fourth-order valence-electron chi connectivity index (χ4n) is 0.870. The normalized spacial score (nSPS) is 13.3. The van der Waals surface area contributed by atoms with Crippen molar-refractivity contribution in [2.24, 2.45) is 5.92 Å². The van der Waals surface area contributed by atoms with Gasteiger partial charge in [-0.25, -0.2) is 4.98 Å². The van der Waals surface area contributed by atoms with Crippen molar-refractivity contribution in [1.82, 2.24) is 4.98 Å². The average molecular weight is 199 g/mol. The van der Waals surface area contributed by atoms with Crippen LogP contribution in [0.4, 0.5) is 0 Å². The standard InChI is InChI=1S/C9H13NO2S/c1-5(2)8(12)9-10-7(4-13-9)6(3)11/h4-5,8,12H,1-3H3. The fourth-order valence-corrected chi connectivity index (χ4v) is 1.88. The van der Waals surface area contributed by atoms with Crippen LogP contribution in [0.1, 0.15) is 42.4 Å². The smallest absolute Gasteiger partial charge is 0.178 e. The van der Waals surface area contributed by atoms with Crippen LogP contribution in [0, 0.1) is 5.92 Å². The third kappa shape index (κ3) is 2.35. The van der Waals surface area contributed by atoms with E-state index in [1.54, 1.807) is 5.38 Å². The molecule has 4 heteroatoms. The summed E-state index contributed by atoms with van der Waals surface area (Å²) in [5, 5.41) is 11.9. The molecule has 1 atom stereocenters. The Kier molecular flexibility index (Phi) is 3.17. The highest BCUT2D eigenvalue weighted by molar-refractivity contribution is 7.09. The van der Waals surface area contributed by atoms with E-state index in [4.69, 9.17) is 0 Å². The molecule has 3 nitrogen and oxygen atoms in total. The van der Waals surface area contributed by atoms with Crippen LogP contribution in [0.3, 0.4) is 0 Å². The molecule has 1 unspecified atom stereocenters. The number of hydrogen-bond acceptors (Lipinski definition) is 4. The molecule has 0 aliphatic heterocycles. The highest BCUT2D eigenvalue weighted by Gasteiger charge is 2.16. The first-order valence-electron chi connectivity index (χ1n) is 4.16. The fraction of sp³-hybridized carbons (Fsp3) is 0.556. The van der Waals surface area contributed by atoms with Crippen LogP contribution in [-0.2, 0) is 0 Å². The van der Waals surface area contributed by atoms with Crippen LogP contribution in [0.2, 0.25) is 0 Å². The molecule has 1 aromatic heterocycles. The minimum absolute atomic E-state index is 0.0570. The Bertz CT molecular complexity index is 306. The van der Waals surface area contributed by atoms with Gasteiger partial charge in [0.1, 0.15) is 16.8 Å². The molecule has 1 heterocycles. The van der Waals surface area contributed by atoms with Crippen LogP contribution in [0.5, 0.6) is 0 Å². The first-order valence-corrected chi connectivity index (χ1v) is 5.04. The highest BCUT2D eigenvalue weighted by atomic mass is 32.1. The Labute approximate surface area is 81.4 Å². The summed E-state index contributed by atoms with van der Waals surface area (Å²) >= 11 is 1.33. The van der Waals surface area contributed by atoms with Crippen molar-refractivity contribution in [3.05, 3.63) is 16.1 Å². The maximum atomic E-state index is 10.9. The van der Waals surface area contributed by atoms with Crippen LogP contribution in [-0.4, -0.2) is 15.9 Å². The summed E-state index contributed by atoms with van der Waals surface area (Å²) in [6, 6.07) is 0. The van der Waals surface area contributed by atoms with Crippen molar-refractivity contribution in [2.75, 3.05) is 0 Å². The predicted molar refractivity (Wildman–Crippen MR) is 51.9 cm³/mol. The van der Waals surface area contributed by atoms with E-state index in [0.29, 0.717) is 10.7 Å². The molecule has 1 N–H and O–H groups in total. The number of nitrogens with zero attached hydrogens (tertiary/aromatic N) is 1. The lowest BCUT2D eigenvalue weighted by Gasteiger charge is -2.10. The van der Waals surface area contributed by atoms with Crippen molar-refractivity contribution in [3.63, 3.8) is 0 Å². The predicted octanol–water partition coefficient (Wildman–Crippen LogP) is 2.04. The quantitative estimate of drug-likeness (QED) is 0.758. The zero-order valence-corrected chi connectivity index (χ0v) is 8.76. The Balaban J connectivity index is 2.85. The maximum absolute atomic E-state index is 10.9. The number of carbonyl (C=O) groups is 1.